The molecule has 40 heavy (non-hydrogen) atoms. The fourth-order valence-corrected chi connectivity index (χ4v) is 5.34. The monoisotopic (exact) mass is 540 g/mol. The van der Waals surface area contributed by atoms with Crippen LogP contribution < -0.4 is 10.1 Å². The van der Waals surface area contributed by atoms with Crippen LogP contribution in [0.1, 0.15) is 40.5 Å². The minimum Gasteiger partial charge on any atom is -0.494 e. The van der Waals surface area contributed by atoms with Crippen molar-refractivity contribution in [3.63, 3.8) is 0 Å². The van der Waals surface area contributed by atoms with Crippen molar-refractivity contribution in [2.75, 3.05) is 25.5 Å². The summed E-state index contributed by atoms with van der Waals surface area (Å²) in [7, 11) is 3.39. The first-order valence-electron chi connectivity index (χ1n) is 13.1. The maximum Gasteiger partial charge on any atom is 0.254 e. The third kappa shape index (κ3) is 4.63. The molecule has 5 aromatic rings. The number of likely N-dealkylation sites (tertiary alicyclic amines) is 1. The number of halogens is 1. The van der Waals surface area contributed by atoms with Gasteiger partial charge in [-0.15, -0.1) is 10.2 Å². The normalized spacial score (nSPS) is 14.1. The molecule has 10 nitrogen and oxygen atoms in total. The lowest BCUT2D eigenvalue weighted by Crippen LogP contribution is -2.38. The Kier molecular flexibility index (Phi) is 6.63. The van der Waals surface area contributed by atoms with Gasteiger partial charge >= 0.3 is 0 Å². The van der Waals surface area contributed by atoms with Crippen LogP contribution in [0.5, 0.6) is 5.75 Å². The highest BCUT2D eigenvalue weighted by Crippen LogP contribution is 2.30. The van der Waals surface area contributed by atoms with Gasteiger partial charge in [0.2, 0.25) is 0 Å². The van der Waals surface area contributed by atoms with Crippen molar-refractivity contribution in [1.29, 1.82) is 0 Å². The van der Waals surface area contributed by atoms with E-state index in [0.29, 0.717) is 41.6 Å². The van der Waals surface area contributed by atoms with E-state index in [2.05, 4.69) is 25.5 Å². The summed E-state index contributed by atoms with van der Waals surface area (Å²) in [4.78, 5) is 24.3. The average molecular weight is 541 g/mol. The molecule has 3 aromatic heterocycles. The summed E-state index contributed by atoms with van der Waals surface area (Å²) in [6, 6.07) is 10.5. The van der Waals surface area contributed by atoms with Crippen LogP contribution in [0.25, 0.3) is 16.9 Å². The lowest BCUT2D eigenvalue weighted by Gasteiger charge is -2.32. The Morgan fingerprint density at radius 1 is 1.12 bits per heavy atom. The Balaban J connectivity index is 1.18. The second-order valence-electron chi connectivity index (χ2n) is 9.98. The molecule has 6 rings (SSSR count). The van der Waals surface area contributed by atoms with Crippen LogP contribution in [0.15, 0.2) is 61.3 Å². The molecular weight excluding hydrogens is 511 g/mol. The van der Waals surface area contributed by atoms with Gasteiger partial charge in [0.25, 0.3) is 5.91 Å². The van der Waals surface area contributed by atoms with E-state index in [1.807, 2.05) is 46.0 Å². The Labute approximate surface area is 230 Å². The molecule has 1 aliphatic rings. The van der Waals surface area contributed by atoms with Crippen molar-refractivity contribution in [3.05, 3.63) is 84.1 Å². The van der Waals surface area contributed by atoms with E-state index in [9.17, 15) is 9.18 Å². The molecule has 0 bridgehead atoms. The minimum absolute atomic E-state index is 0.0327. The van der Waals surface area contributed by atoms with E-state index in [-0.39, 0.29) is 11.7 Å². The van der Waals surface area contributed by atoms with Gasteiger partial charge in [0.15, 0.2) is 23.0 Å². The van der Waals surface area contributed by atoms with Crippen molar-refractivity contribution in [1.82, 2.24) is 34.0 Å². The van der Waals surface area contributed by atoms with Crippen LogP contribution in [-0.2, 0) is 7.05 Å². The van der Waals surface area contributed by atoms with Crippen molar-refractivity contribution >= 4 is 23.1 Å². The zero-order valence-electron chi connectivity index (χ0n) is 22.5. The third-order valence-corrected chi connectivity index (χ3v) is 7.49. The van der Waals surface area contributed by atoms with Gasteiger partial charge in [-0.25, -0.2) is 14.4 Å². The summed E-state index contributed by atoms with van der Waals surface area (Å²) in [5.74, 6) is 1.61. The fraction of sp³-hybridized carbons (Fsp3) is 0.276. The van der Waals surface area contributed by atoms with E-state index >= 15 is 0 Å². The minimum atomic E-state index is -0.442. The number of carbonyl (C=O) groups is 1. The number of fused-ring (bicyclic) bond motifs is 1. The van der Waals surface area contributed by atoms with E-state index in [4.69, 9.17) is 4.74 Å². The number of hydrogen-bond acceptors (Lipinski definition) is 7. The quantitative estimate of drug-likeness (QED) is 0.332. The number of benzene rings is 2. The van der Waals surface area contributed by atoms with Crippen LogP contribution in [0.3, 0.4) is 0 Å². The SMILES string of the molecule is COc1ccc(-c2cnc3c(Nc4ccc(C(=O)N5CCC(c6nncn6C)CC5)c(C)c4)nccn23)cc1F. The molecule has 0 unspecified atom stereocenters. The van der Waals surface area contributed by atoms with Crippen molar-refractivity contribution < 1.29 is 13.9 Å². The first kappa shape index (κ1) is 25.5. The van der Waals surface area contributed by atoms with Gasteiger partial charge in [0.05, 0.1) is 19.0 Å². The van der Waals surface area contributed by atoms with Gasteiger partial charge < -0.3 is 19.5 Å². The molecule has 4 heterocycles. The number of rotatable bonds is 6. The second-order valence-corrected chi connectivity index (χ2v) is 9.98. The van der Waals surface area contributed by atoms with Crippen LogP contribution in [0, 0.1) is 12.7 Å². The summed E-state index contributed by atoms with van der Waals surface area (Å²) in [5, 5.41) is 11.6. The van der Waals surface area contributed by atoms with E-state index in [1.54, 1.807) is 37.1 Å². The molecule has 11 heteroatoms. The molecule has 0 spiro atoms. The van der Waals surface area contributed by atoms with Crippen LogP contribution >= 0.6 is 0 Å². The highest BCUT2D eigenvalue weighted by atomic mass is 19.1. The van der Waals surface area contributed by atoms with Crippen LogP contribution in [0.4, 0.5) is 15.9 Å². The van der Waals surface area contributed by atoms with E-state index in [1.165, 1.54) is 13.2 Å². The lowest BCUT2D eigenvalue weighted by atomic mass is 9.95. The van der Waals surface area contributed by atoms with Gasteiger partial charge in [0.1, 0.15) is 12.2 Å². The molecule has 0 aliphatic carbocycles. The highest BCUT2D eigenvalue weighted by molar-refractivity contribution is 5.96. The first-order valence-corrected chi connectivity index (χ1v) is 13.1. The number of amides is 1. The summed E-state index contributed by atoms with van der Waals surface area (Å²) in [5.41, 5.74) is 4.32. The average Bonchev–Trinajstić information content (AvgIpc) is 3.60. The number of nitrogens with zero attached hydrogens (tertiary/aromatic N) is 7. The van der Waals surface area contributed by atoms with Crippen molar-refractivity contribution in [2.24, 2.45) is 7.05 Å². The number of anilines is 2. The molecule has 204 valence electrons. The Morgan fingerprint density at radius 2 is 1.95 bits per heavy atom. The Hall–Kier alpha value is -4.80. The molecule has 0 atom stereocenters. The number of aryl methyl sites for hydroxylation is 2. The van der Waals surface area contributed by atoms with Gasteiger partial charge in [-0.1, -0.05) is 0 Å². The molecular formula is C29H29FN8O2. The topological polar surface area (TPSA) is 102 Å². The smallest absolute Gasteiger partial charge is 0.254 e. The van der Waals surface area contributed by atoms with Crippen LogP contribution in [0.2, 0.25) is 0 Å². The number of methoxy groups -OCH3 is 1. The molecule has 1 aliphatic heterocycles. The Bertz CT molecular complexity index is 1700. The number of hydrogen-bond donors (Lipinski definition) is 1. The van der Waals surface area contributed by atoms with Gasteiger partial charge in [-0.2, -0.15) is 0 Å². The molecule has 2 aromatic carbocycles. The van der Waals surface area contributed by atoms with Crippen LogP contribution in [-0.4, -0.2) is 60.1 Å². The number of nitrogens with one attached hydrogen (secondary N) is 1. The fourth-order valence-electron chi connectivity index (χ4n) is 5.34. The third-order valence-electron chi connectivity index (χ3n) is 7.49. The zero-order valence-corrected chi connectivity index (χ0v) is 22.5. The number of ether oxygens (including phenoxy) is 1. The molecule has 1 amide bonds. The predicted molar refractivity (Wildman–Crippen MR) is 148 cm³/mol. The summed E-state index contributed by atoms with van der Waals surface area (Å²) in [6.45, 7) is 3.30. The number of aromatic nitrogens is 6. The highest BCUT2D eigenvalue weighted by Gasteiger charge is 2.27. The first-order chi connectivity index (χ1) is 19.4. The summed E-state index contributed by atoms with van der Waals surface area (Å²) >= 11 is 0. The summed E-state index contributed by atoms with van der Waals surface area (Å²) < 4.78 is 23.2. The lowest BCUT2D eigenvalue weighted by molar-refractivity contribution is 0.0709. The maximum absolute atomic E-state index is 14.3. The van der Waals surface area contributed by atoms with Gasteiger partial charge in [-0.05, 0) is 61.7 Å². The Morgan fingerprint density at radius 3 is 2.65 bits per heavy atom. The number of piperidine rings is 1. The molecule has 0 saturated carbocycles. The number of carbonyl (C=O) groups excluding carboxylic acids is 1. The summed E-state index contributed by atoms with van der Waals surface area (Å²) in [6.07, 6.45) is 8.57. The predicted octanol–water partition coefficient (Wildman–Crippen LogP) is 4.74. The molecule has 1 saturated heterocycles. The molecule has 1 fully saturated rings. The van der Waals surface area contributed by atoms with Gasteiger partial charge in [-0.3, -0.25) is 9.20 Å². The van der Waals surface area contributed by atoms with Crippen molar-refractivity contribution in [2.45, 2.75) is 25.7 Å². The standard InChI is InChI=1S/C29H29FN8O2/c1-18-14-21(5-6-22(18)29(39)37-11-8-19(9-12-37)27-35-33-17-36(27)2)34-26-28-32-16-24(38(28)13-10-31-26)20-4-7-25(40-3)23(30)15-20/h4-7,10,13-17,19H,8-9,11-12H2,1-3H3,(H,31,34). The zero-order chi connectivity index (χ0) is 27.8. The molecule has 1 N–H and O–H groups in total. The molecule has 0 radical (unpaired) electrons. The largest absolute Gasteiger partial charge is 0.494 e. The van der Waals surface area contributed by atoms with E-state index in [0.717, 1.165) is 35.6 Å². The second kappa shape index (κ2) is 10.4. The maximum atomic E-state index is 14.3. The van der Waals surface area contributed by atoms with Gasteiger partial charge in [0, 0.05) is 55.3 Å². The van der Waals surface area contributed by atoms with E-state index < -0.39 is 5.82 Å². The number of imidazole rings is 1. The van der Waals surface area contributed by atoms with Crippen molar-refractivity contribution in [3.8, 4) is 17.0 Å².